The third-order valence-corrected chi connectivity index (χ3v) is 4.87. The summed E-state index contributed by atoms with van der Waals surface area (Å²) in [5, 5.41) is 12.5. The van der Waals surface area contributed by atoms with Crippen molar-refractivity contribution in [2.24, 2.45) is 17.8 Å². The van der Waals surface area contributed by atoms with Crippen LogP contribution in [0.5, 0.6) is 5.75 Å². The van der Waals surface area contributed by atoms with Crippen molar-refractivity contribution >= 4 is 23.2 Å². The summed E-state index contributed by atoms with van der Waals surface area (Å²) in [6.45, 7) is 0. The van der Waals surface area contributed by atoms with E-state index in [0.717, 1.165) is 11.8 Å². The number of anilines is 1. The van der Waals surface area contributed by atoms with Crippen molar-refractivity contribution in [1.82, 2.24) is 0 Å². The summed E-state index contributed by atoms with van der Waals surface area (Å²) >= 11 is 5.82. The first-order valence-electron chi connectivity index (χ1n) is 6.90. The number of hydrogen-bond acceptors (Lipinski definition) is 2. The molecule has 3 atom stereocenters. The zero-order chi connectivity index (χ0) is 13.4. The van der Waals surface area contributed by atoms with E-state index >= 15 is 0 Å². The van der Waals surface area contributed by atoms with Gasteiger partial charge in [0, 0.05) is 12.1 Å². The Labute approximate surface area is 118 Å². The minimum Gasteiger partial charge on any atom is -0.506 e. The maximum atomic E-state index is 12.0. The molecule has 1 aromatic rings. The van der Waals surface area contributed by atoms with Crippen molar-refractivity contribution in [2.75, 3.05) is 5.32 Å². The van der Waals surface area contributed by atoms with Crippen LogP contribution in [-0.4, -0.2) is 11.0 Å². The average Bonchev–Trinajstić information content (AvgIpc) is 2.96. The summed E-state index contributed by atoms with van der Waals surface area (Å²) in [7, 11) is 0. The summed E-state index contributed by atoms with van der Waals surface area (Å²) in [6.07, 6.45) is 5.81. The molecule has 2 aliphatic carbocycles. The maximum Gasteiger partial charge on any atom is 0.224 e. The second-order valence-corrected chi connectivity index (χ2v) is 6.26. The quantitative estimate of drug-likeness (QED) is 0.827. The largest absolute Gasteiger partial charge is 0.506 e. The van der Waals surface area contributed by atoms with Crippen molar-refractivity contribution in [3.63, 3.8) is 0 Å². The Hall–Kier alpha value is -1.22. The van der Waals surface area contributed by atoms with Crippen molar-refractivity contribution in [3.8, 4) is 5.75 Å². The number of benzene rings is 1. The number of hydrogen-bond donors (Lipinski definition) is 2. The van der Waals surface area contributed by atoms with E-state index in [2.05, 4.69) is 5.32 Å². The third kappa shape index (κ3) is 2.71. The molecule has 0 heterocycles. The van der Waals surface area contributed by atoms with Gasteiger partial charge in [-0.2, -0.15) is 0 Å². The highest BCUT2D eigenvalue weighted by Crippen LogP contribution is 2.49. The lowest BCUT2D eigenvalue weighted by atomic mass is 9.86. The number of rotatable bonds is 3. The molecule has 4 heteroatoms. The molecule has 2 aliphatic rings. The van der Waals surface area contributed by atoms with Crippen LogP contribution in [0.1, 0.15) is 32.1 Å². The molecule has 1 aromatic carbocycles. The van der Waals surface area contributed by atoms with Crippen LogP contribution < -0.4 is 5.32 Å². The summed E-state index contributed by atoms with van der Waals surface area (Å²) in [6, 6.07) is 4.74. The molecule has 3 nitrogen and oxygen atoms in total. The van der Waals surface area contributed by atoms with E-state index < -0.39 is 0 Å². The van der Waals surface area contributed by atoms with Crippen LogP contribution in [0.2, 0.25) is 5.02 Å². The molecular weight excluding hydrogens is 262 g/mol. The van der Waals surface area contributed by atoms with Gasteiger partial charge >= 0.3 is 0 Å². The van der Waals surface area contributed by atoms with Crippen LogP contribution in [0.4, 0.5) is 5.69 Å². The number of phenolic OH excluding ortho intramolecular Hbond substituents is 1. The van der Waals surface area contributed by atoms with Gasteiger partial charge in [-0.15, -0.1) is 0 Å². The van der Waals surface area contributed by atoms with E-state index in [-0.39, 0.29) is 16.7 Å². The van der Waals surface area contributed by atoms with Gasteiger partial charge in [-0.1, -0.05) is 18.0 Å². The molecule has 0 spiro atoms. The van der Waals surface area contributed by atoms with Crippen LogP contribution in [0, 0.1) is 17.8 Å². The first-order valence-corrected chi connectivity index (χ1v) is 7.28. The molecule has 3 rings (SSSR count). The van der Waals surface area contributed by atoms with Crippen molar-refractivity contribution < 1.29 is 9.90 Å². The molecule has 2 saturated carbocycles. The topological polar surface area (TPSA) is 49.3 Å². The van der Waals surface area contributed by atoms with E-state index in [1.807, 2.05) is 0 Å². The number of halogens is 1. The zero-order valence-corrected chi connectivity index (χ0v) is 11.5. The zero-order valence-electron chi connectivity index (χ0n) is 10.7. The number of carbonyl (C=O) groups excluding carboxylic acids is 1. The highest BCUT2D eigenvalue weighted by Gasteiger charge is 2.40. The van der Waals surface area contributed by atoms with Gasteiger partial charge in [0.15, 0.2) is 0 Å². The van der Waals surface area contributed by atoms with E-state index in [1.54, 1.807) is 12.1 Å². The molecule has 0 aromatic heterocycles. The number of carbonyl (C=O) groups is 1. The highest BCUT2D eigenvalue weighted by molar-refractivity contribution is 6.32. The van der Waals surface area contributed by atoms with E-state index in [9.17, 15) is 9.90 Å². The molecule has 2 N–H and O–H groups in total. The van der Waals surface area contributed by atoms with Crippen molar-refractivity contribution in [1.29, 1.82) is 0 Å². The van der Waals surface area contributed by atoms with Gasteiger partial charge in [0.1, 0.15) is 5.75 Å². The molecule has 0 radical (unpaired) electrons. The van der Waals surface area contributed by atoms with Gasteiger partial charge in [-0.25, -0.2) is 0 Å². The number of phenols is 1. The lowest BCUT2D eigenvalue weighted by Gasteiger charge is -2.20. The van der Waals surface area contributed by atoms with E-state index in [0.29, 0.717) is 18.0 Å². The third-order valence-electron chi connectivity index (χ3n) is 4.56. The second kappa shape index (κ2) is 5.04. The minimum absolute atomic E-state index is 0.0350. The number of aromatic hydroxyl groups is 1. The maximum absolute atomic E-state index is 12.0. The average molecular weight is 280 g/mol. The molecule has 2 fully saturated rings. The number of amides is 1. The summed E-state index contributed by atoms with van der Waals surface area (Å²) < 4.78 is 0. The molecule has 2 bridgehead atoms. The Morgan fingerprint density at radius 1 is 1.37 bits per heavy atom. The summed E-state index contributed by atoms with van der Waals surface area (Å²) in [5.74, 6) is 2.28. The molecule has 3 unspecified atom stereocenters. The summed E-state index contributed by atoms with van der Waals surface area (Å²) in [5.41, 5.74) is 0.649. The predicted molar refractivity (Wildman–Crippen MR) is 75.3 cm³/mol. The van der Waals surface area contributed by atoms with Crippen LogP contribution in [0.25, 0.3) is 0 Å². The predicted octanol–water partition coefficient (Wildman–Crippen LogP) is 3.81. The van der Waals surface area contributed by atoms with Crippen LogP contribution in [0.3, 0.4) is 0 Å². The van der Waals surface area contributed by atoms with Crippen molar-refractivity contribution in [3.05, 3.63) is 23.2 Å². The Morgan fingerprint density at radius 2 is 2.21 bits per heavy atom. The second-order valence-electron chi connectivity index (χ2n) is 5.85. The highest BCUT2D eigenvalue weighted by atomic mass is 35.5. The Morgan fingerprint density at radius 3 is 2.84 bits per heavy atom. The Bertz CT molecular complexity index is 503. The Kier molecular flexibility index (Phi) is 3.40. The van der Waals surface area contributed by atoms with Crippen LogP contribution in [0.15, 0.2) is 18.2 Å². The normalized spacial score (nSPS) is 28.6. The molecular formula is C15H18ClNO2. The molecule has 0 saturated heterocycles. The molecule has 102 valence electrons. The fourth-order valence-corrected chi connectivity index (χ4v) is 3.84. The van der Waals surface area contributed by atoms with Crippen molar-refractivity contribution in [2.45, 2.75) is 32.1 Å². The van der Waals surface area contributed by atoms with Crippen LogP contribution >= 0.6 is 11.6 Å². The van der Waals surface area contributed by atoms with Gasteiger partial charge in [-0.05, 0) is 55.2 Å². The number of nitrogens with one attached hydrogen (secondary N) is 1. The lowest BCUT2D eigenvalue weighted by Crippen LogP contribution is -2.20. The van der Waals surface area contributed by atoms with Gasteiger partial charge < -0.3 is 10.4 Å². The minimum atomic E-state index is 0.0350. The smallest absolute Gasteiger partial charge is 0.224 e. The van der Waals surface area contributed by atoms with Gasteiger partial charge in [0.2, 0.25) is 5.91 Å². The molecule has 1 amide bonds. The number of fused-ring (bicyclic) bond motifs is 2. The monoisotopic (exact) mass is 279 g/mol. The molecule has 0 aliphatic heterocycles. The summed E-state index contributed by atoms with van der Waals surface area (Å²) in [4.78, 5) is 12.0. The first kappa shape index (κ1) is 12.8. The van der Waals surface area contributed by atoms with E-state index in [4.69, 9.17) is 11.6 Å². The fourth-order valence-electron chi connectivity index (χ4n) is 3.66. The SMILES string of the molecule is O=C(CC1CC2CCC1C2)Nc1ccc(O)c(Cl)c1. The van der Waals surface area contributed by atoms with E-state index in [1.165, 1.54) is 31.7 Å². The molecule has 19 heavy (non-hydrogen) atoms. The fraction of sp³-hybridized carbons (Fsp3) is 0.533. The Balaban J connectivity index is 1.57. The standard InChI is InChI=1S/C15H18ClNO2/c16-13-8-12(3-4-14(13)18)17-15(19)7-11-6-9-1-2-10(11)5-9/h3-4,8-11,18H,1-2,5-7H2,(H,17,19). The van der Waals surface area contributed by atoms with Gasteiger partial charge in [0.25, 0.3) is 0 Å². The van der Waals surface area contributed by atoms with Crippen LogP contribution in [-0.2, 0) is 4.79 Å². The lowest BCUT2D eigenvalue weighted by molar-refractivity contribution is -0.117. The van der Waals surface area contributed by atoms with Gasteiger partial charge in [0.05, 0.1) is 5.02 Å². The van der Waals surface area contributed by atoms with Gasteiger partial charge in [-0.3, -0.25) is 4.79 Å². The first-order chi connectivity index (χ1) is 9.11.